The van der Waals surface area contributed by atoms with Crippen LogP contribution >= 0.6 is 0 Å². The molecule has 0 bridgehead atoms. The second-order valence-electron chi connectivity index (χ2n) is 19.6. The number of benzene rings is 8. The number of hydrogen-bond acceptors (Lipinski definition) is 1. The van der Waals surface area contributed by atoms with Crippen LogP contribution in [0.25, 0.3) is 49.7 Å². The van der Waals surface area contributed by atoms with Crippen LogP contribution in [0.5, 0.6) is 0 Å². The van der Waals surface area contributed by atoms with Crippen LogP contribution in [0, 0.1) is 0 Å². The lowest BCUT2D eigenvalue weighted by Gasteiger charge is -2.34. The molecule has 4 aliphatic carbocycles. The Morgan fingerprint density at radius 2 is 0.937 bits per heavy atom. The third kappa shape index (κ3) is 5.18. The number of nitrogens with zero attached hydrogens (tertiary/aromatic N) is 2. The molecule has 1 spiro atoms. The molecule has 2 nitrogen and oxygen atoms in total. The summed E-state index contributed by atoms with van der Waals surface area (Å²) in [7, 11) is 0. The molecule has 9 aromatic rings. The van der Waals surface area contributed by atoms with Crippen LogP contribution in [-0.2, 0) is 16.2 Å². The number of hydrogen-bond donors (Lipinski definition) is 0. The number of aromatic nitrogens is 1. The van der Waals surface area contributed by atoms with E-state index in [1.54, 1.807) is 0 Å². The minimum Gasteiger partial charge on any atom is -0.310 e. The maximum Gasteiger partial charge on any atom is 0.0726 e. The zero-order chi connectivity index (χ0) is 41.9. The number of rotatable bonds is 6. The lowest BCUT2D eigenvalue weighted by molar-refractivity contribution is 0.489. The summed E-state index contributed by atoms with van der Waals surface area (Å²) in [6.45, 7) is 5.05. The largest absolute Gasteiger partial charge is 0.310 e. The predicted octanol–water partition coefficient (Wildman–Crippen LogP) is 16.3. The highest BCUT2D eigenvalue weighted by Crippen LogP contribution is 2.66. The molecular weight excluding hydrogens is 761 g/mol. The van der Waals surface area contributed by atoms with E-state index < -0.39 is 5.41 Å². The van der Waals surface area contributed by atoms with Gasteiger partial charge in [-0.15, -0.1) is 0 Å². The maximum atomic E-state index is 2.67. The lowest BCUT2D eigenvalue weighted by Crippen LogP contribution is -2.28. The van der Waals surface area contributed by atoms with Crippen LogP contribution in [0.4, 0.5) is 17.1 Å². The van der Waals surface area contributed by atoms with Crippen LogP contribution in [0.15, 0.2) is 182 Å². The van der Waals surface area contributed by atoms with Crippen LogP contribution in [0.2, 0.25) is 0 Å². The average Bonchev–Trinajstić information content (AvgIpc) is 4.17. The van der Waals surface area contributed by atoms with Crippen LogP contribution in [0.3, 0.4) is 0 Å². The zero-order valence-corrected chi connectivity index (χ0v) is 36.4. The Morgan fingerprint density at radius 1 is 0.413 bits per heavy atom. The SMILES string of the molecule is CC1(c2ccc3c(c2)C2(c4cc(C5(C)CCCC5)ccc4-3)c3ccccc3-c3c(N(c4ccccc4)c4cccc(-n5c6ccccc6c6ccccc65)c4)cccc32)CCCC1. The van der Waals surface area contributed by atoms with E-state index in [0.29, 0.717) is 0 Å². The van der Waals surface area contributed by atoms with Gasteiger partial charge in [0.15, 0.2) is 0 Å². The molecule has 1 aromatic heterocycles. The summed E-state index contributed by atoms with van der Waals surface area (Å²) in [5.41, 5.74) is 21.2. The fraction of sp³-hybridized carbons (Fsp3) is 0.213. The Kier molecular flexibility index (Phi) is 8.03. The van der Waals surface area contributed by atoms with E-state index in [0.717, 1.165) is 17.1 Å². The maximum absolute atomic E-state index is 2.67. The van der Waals surface area contributed by atoms with Crippen molar-refractivity contribution in [1.29, 1.82) is 0 Å². The van der Waals surface area contributed by atoms with Gasteiger partial charge in [-0.3, -0.25) is 0 Å². The fourth-order valence-corrected chi connectivity index (χ4v) is 13.0. The van der Waals surface area contributed by atoms with Gasteiger partial charge in [0, 0.05) is 33.4 Å². The van der Waals surface area contributed by atoms with Crippen molar-refractivity contribution < 1.29 is 0 Å². The molecule has 0 N–H and O–H groups in total. The molecule has 13 rings (SSSR count). The van der Waals surface area contributed by atoms with Gasteiger partial charge in [0.1, 0.15) is 0 Å². The standard InChI is InChI=1S/C61H52N2/c1-59(34-12-13-35-59)41-30-32-46-47-33-31-42(60(2)36-14-15-37-60)39-54(47)61(53(46)38-41)51-25-9-6-24-50(51)58-52(61)26-17-29-57(58)62(43-18-4-3-5-19-43)44-20-16-21-45(40-44)63-55-27-10-7-22-48(55)49-23-8-11-28-56(49)63/h3-11,16-33,38-40H,12-15,34-37H2,1-2H3. The van der Waals surface area contributed by atoms with Gasteiger partial charge >= 0.3 is 0 Å². The summed E-state index contributed by atoms with van der Waals surface area (Å²) in [5.74, 6) is 0. The monoisotopic (exact) mass is 812 g/mol. The zero-order valence-electron chi connectivity index (χ0n) is 36.4. The summed E-state index contributed by atoms with van der Waals surface area (Å²) in [6.07, 6.45) is 10.3. The van der Waals surface area contributed by atoms with Crippen molar-refractivity contribution >= 4 is 38.9 Å². The molecule has 0 unspecified atom stereocenters. The molecule has 2 heteroatoms. The van der Waals surface area contributed by atoms with Crippen molar-refractivity contribution in [2.24, 2.45) is 0 Å². The summed E-state index contributed by atoms with van der Waals surface area (Å²) < 4.78 is 2.44. The molecule has 0 radical (unpaired) electrons. The molecule has 0 amide bonds. The predicted molar refractivity (Wildman–Crippen MR) is 263 cm³/mol. The van der Waals surface area contributed by atoms with E-state index in [1.165, 1.54) is 134 Å². The summed E-state index contributed by atoms with van der Waals surface area (Å²) >= 11 is 0. The Hall–Kier alpha value is -6.64. The van der Waals surface area contributed by atoms with Crippen LogP contribution in [0.1, 0.15) is 98.6 Å². The number of fused-ring (bicyclic) bond motifs is 13. The van der Waals surface area contributed by atoms with E-state index in [-0.39, 0.29) is 10.8 Å². The van der Waals surface area contributed by atoms with Gasteiger partial charge in [-0.25, -0.2) is 0 Å². The van der Waals surface area contributed by atoms with Gasteiger partial charge in [-0.2, -0.15) is 0 Å². The van der Waals surface area contributed by atoms with Crippen molar-refractivity contribution in [1.82, 2.24) is 4.57 Å². The van der Waals surface area contributed by atoms with Crippen LogP contribution in [-0.4, -0.2) is 4.57 Å². The summed E-state index contributed by atoms with van der Waals surface area (Å²) in [6, 6.07) is 69.8. The van der Waals surface area contributed by atoms with E-state index in [2.05, 4.69) is 205 Å². The first-order valence-electron chi connectivity index (χ1n) is 23.4. The molecular formula is C61H52N2. The van der Waals surface area contributed by atoms with E-state index in [1.807, 2.05) is 0 Å². The summed E-state index contributed by atoms with van der Waals surface area (Å²) in [4.78, 5) is 2.52. The molecule has 4 aliphatic rings. The van der Waals surface area contributed by atoms with Crippen molar-refractivity contribution in [2.45, 2.75) is 81.5 Å². The van der Waals surface area contributed by atoms with Crippen LogP contribution < -0.4 is 4.90 Å². The Balaban J connectivity index is 1.08. The number of para-hydroxylation sites is 3. The Bertz CT molecular complexity index is 3160. The second-order valence-corrected chi connectivity index (χ2v) is 19.6. The average molecular weight is 813 g/mol. The molecule has 1 heterocycles. The normalized spacial score (nSPS) is 17.2. The Morgan fingerprint density at radius 3 is 1.57 bits per heavy atom. The second kappa shape index (κ2) is 13.7. The van der Waals surface area contributed by atoms with Crippen molar-refractivity contribution in [3.8, 4) is 27.9 Å². The highest BCUT2D eigenvalue weighted by Gasteiger charge is 2.53. The molecule has 2 saturated carbocycles. The van der Waals surface area contributed by atoms with E-state index in [4.69, 9.17) is 0 Å². The third-order valence-corrected chi connectivity index (χ3v) is 16.2. The molecule has 0 aliphatic heterocycles. The third-order valence-electron chi connectivity index (χ3n) is 16.2. The smallest absolute Gasteiger partial charge is 0.0726 e. The van der Waals surface area contributed by atoms with Gasteiger partial charge in [0.25, 0.3) is 0 Å². The van der Waals surface area contributed by atoms with Gasteiger partial charge in [0.2, 0.25) is 0 Å². The first-order chi connectivity index (χ1) is 31.0. The minimum absolute atomic E-state index is 0.196. The quantitative estimate of drug-likeness (QED) is 0.162. The highest BCUT2D eigenvalue weighted by molar-refractivity contribution is 6.09. The van der Waals surface area contributed by atoms with Gasteiger partial charge < -0.3 is 9.47 Å². The lowest BCUT2D eigenvalue weighted by atomic mass is 9.68. The van der Waals surface area contributed by atoms with Crippen molar-refractivity contribution in [2.75, 3.05) is 4.90 Å². The molecule has 0 atom stereocenters. The molecule has 306 valence electrons. The summed E-state index contributed by atoms with van der Waals surface area (Å²) in [5, 5.41) is 2.54. The van der Waals surface area contributed by atoms with E-state index in [9.17, 15) is 0 Å². The topological polar surface area (TPSA) is 8.17 Å². The van der Waals surface area contributed by atoms with Gasteiger partial charge in [0.05, 0.1) is 22.1 Å². The fourth-order valence-electron chi connectivity index (χ4n) is 13.0. The molecule has 63 heavy (non-hydrogen) atoms. The van der Waals surface area contributed by atoms with Crippen molar-refractivity contribution in [3.63, 3.8) is 0 Å². The van der Waals surface area contributed by atoms with Gasteiger partial charge in [-0.1, -0.05) is 173 Å². The first-order valence-corrected chi connectivity index (χ1v) is 23.4. The molecule has 8 aromatic carbocycles. The van der Waals surface area contributed by atoms with E-state index >= 15 is 0 Å². The number of anilines is 3. The molecule has 0 saturated heterocycles. The minimum atomic E-state index is -0.449. The molecule has 2 fully saturated rings. The Labute approximate surface area is 371 Å². The highest BCUT2D eigenvalue weighted by atomic mass is 15.1. The first kappa shape index (κ1) is 37.0. The van der Waals surface area contributed by atoms with Crippen molar-refractivity contribution in [3.05, 3.63) is 215 Å². The van der Waals surface area contributed by atoms with Gasteiger partial charge in [-0.05, 0) is 135 Å².